The molecule has 1 unspecified atom stereocenters. The highest BCUT2D eigenvalue weighted by atomic mass is 127. The van der Waals surface area contributed by atoms with Gasteiger partial charge in [-0.15, -0.1) is 0 Å². The molecule has 3 aromatic rings. The van der Waals surface area contributed by atoms with Gasteiger partial charge in [0.2, 0.25) is 6.33 Å². The molecule has 0 fully saturated rings. The Morgan fingerprint density at radius 3 is 2.56 bits per heavy atom. The quantitative estimate of drug-likeness (QED) is 0.432. The number of hydrogen-bond acceptors (Lipinski definition) is 2. The van der Waals surface area contributed by atoms with Gasteiger partial charge >= 0.3 is 0 Å². The molecule has 1 atom stereocenters. The molecule has 0 saturated carbocycles. The molecule has 5 heteroatoms. The number of ether oxygens (including phenoxy) is 1. The molecule has 0 aliphatic heterocycles. The van der Waals surface area contributed by atoms with Crippen molar-refractivity contribution in [2.24, 2.45) is 7.05 Å². The third-order valence-electron chi connectivity index (χ3n) is 4.43. The van der Waals surface area contributed by atoms with Crippen LogP contribution < -0.4 is 33.3 Å². The summed E-state index contributed by atoms with van der Waals surface area (Å²) in [6.07, 6.45) is 1.46. The highest BCUT2D eigenvalue weighted by molar-refractivity contribution is 5.74. The molecule has 0 radical (unpaired) electrons. The maximum atomic E-state index is 10.4. The van der Waals surface area contributed by atoms with E-state index in [1.54, 1.807) is 0 Å². The minimum atomic E-state index is -0.567. The summed E-state index contributed by atoms with van der Waals surface area (Å²) in [7, 11) is 2.03. The Morgan fingerprint density at radius 1 is 1.12 bits per heavy atom. The highest BCUT2D eigenvalue weighted by Gasteiger charge is 2.18. The van der Waals surface area contributed by atoms with E-state index in [0.717, 1.165) is 16.8 Å². The van der Waals surface area contributed by atoms with Crippen molar-refractivity contribution in [3.63, 3.8) is 0 Å². The first-order chi connectivity index (χ1) is 11.4. The van der Waals surface area contributed by atoms with Crippen LogP contribution in [0.5, 0.6) is 5.75 Å². The van der Waals surface area contributed by atoms with Crippen molar-refractivity contribution >= 4 is 11.0 Å². The van der Waals surface area contributed by atoms with Gasteiger partial charge in [0.05, 0.1) is 7.05 Å². The van der Waals surface area contributed by atoms with Gasteiger partial charge in [-0.05, 0) is 61.7 Å². The molecule has 3 rings (SSSR count). The van der Waals surface area contributed by atoms with Crippen LogP contribution in [0.4, 0.5) is 0 Å². The second-order valence-corrected chi connectivity index (χ2v) is 6.59. The average Bonchev–Trinajstić information content (AvgIpc) is 2.82. The molecule has 0 aliphatic carbocycles. The number of hydrogen-bond donors (Lipinski definition) is 1. The van der Waals surface area contributed by atoms with E-state index in [1.165, 1.54) is 16.6 Å². The first-order valence-electron chi connectivity index (χ1n) is 8.27. The van der Waals surface area contributed by atoms with Crippen molar-refractivity contribution in [2.75, 3.05) is 6.61 Å². The molecule has 0 amide bonds. The molecule has 0 aliphatic rings. The summed E-state index contributed by atoms with van der Waals surface area (Å²) in [5.74, 6) is 0.795. The van der Waals surface area contributed by atoms with Gasteiger partial charge < -0.3 is 33.8 Å². The SMILES string of the molecule is Cc1cccc(OCC(O)Cn2c[n+](C)c3cc(C)c(C)cc32)c1.[I-]. The molecular formula is C20H25IN2O2. The molecule has 4 nitrogen and oxygen atoms in total. The number of aliphatic hydroxyl groups excluding tert-OH is 1. The van der Waals surface area contributed by atoms with Gasteiger partial charge in [-0.1, -0.05) is 12.1 Å². The number of halogens is 1. The maximum absolute atomic E-state index is 10.4. The van der Waals surface area contributed by atoms with Crippen LogP contribution in [0.2, 0.25) is 0 Å². The summed E-state index contributed by atoms with van der Waals surface area (Å²) in [5, 5.41) is 10.4. The van der Waals surface area contributed by atoms with Crippen LogP contribution >= 0.6 is 0 Å². The Kier molecular flexibility index (Phi) is 6.46. The number of aryl methyl sites for hydroxylation is 4. The number of rotatable bonds is 5. The van der Waals surface area contributed by atoms with E-state index in [0.29, 0.717) is 6.54 Å². The summed E-state index contributed by atoms with van der Waals surface area (Å²) in [6.45, 7) is 7.04. The fraction of sp³-hybridized carbons (Fsp3) is 0.350. The van der Waals surface area contributed by atoms with E-state index < -0.39 is 6.10 Å². The van der Waals surface area contributed by atoms with Crippen molar-refractivity contribution in [2.45, 2.75) is 33.4 Å². The van der Waals surface area contributed by atoms with Gasteiger partial charge in [-0.2, -0.15) is 0 Å². The Labute approximate surface area is 166 Å². The van der Waals surface area contributed by atoms with Crippen LogP contribution in [0.15, 0.2) is 42.7 Å². The molecule has 25 heavy (non-hydrogen) atoms. The summed E-state index contributed by atoms with van der Waals surface area (Å²) < 4.78 is 9.89. The third kappa shape index (κ3) is 4.52. The lowest BCUT2D eigenvalue weighted by Gasteiger charge is -2.11. The Balaban J connectivity index is 0.00000225. The Hall–Kier alpha value is -1.60. The molecule has 2 aromatic carbocycles. The van der Waals surface area contributed by atoms with Gasteiger partial charge in [0.15, 0.2) is 11.0 Å². The Bertz CT molecular complexity index is 874. The van der Waals surface area contributed by atoms with Gasteiger partial charge in [0.25, 0.3) is 0 Å². The van der Waals surface area contributed by atoms with E-state index in [2.05, 4.69) is 35.1 Å². The van der Waals surface area contributed by atoms with Gasteiger partial charge in [0.1, 0.15) is 25.0 Å². The third-order valence-corrected chi connectivity index (χ3v) is 4.43. The monoisotopic (exact) mass is 452 g/mol. The topological polar surface area (TPSA) is 38.3 Å². The van der Waals surface area contributed by atoms with Gasteiger partial charge in [-0.3, -0.25) is 0 Å². The number of aliphatic hydroxyl groups is 1. The number of imidazole rings is 1. The van der Waals surface area contributed by atoms with Crippen molar-refractivity contribution in [3.05, 3.63) is 59.4 Å². The number of benzene rings is 2. The molecular weight excluding hydrogens is 427 g/mol. The van der Waals surface area contributed by atoms with Crippen LogP contribution in [-0.4, -0.2) is 22.4 Å². The van der Waals surface area contributed by atoms with Crippen molar-refractivity contribution < 1.29 is 38.4 Å². The Morgan fingerprint density at radius 2 is 1.84 bits per heavy atom. The lowest BCUT2D eigenvalue weighted by atomic mass is 10.1. The normalized spacial score (nSPS) is 12.0. The van der Waals surface area contributed by atoms with Crippen LogP contribution in [0.3, 0.4) is 0 Å². The molecule has 1 heterocycles. The summed E-state index contributed by atoms with van der Waals surface area (Å²) in [4.78, 5) is 0. The van der Waals surface area contributed by atoms with Crippen LogP contribution in [0.25, 0.3) is 11.0 Å². The predicted octanol–water partition coefficient (Wildman–Crippen LogP) is -0.165. The minimum Gasteiger partial charge on any atom is -1.00 e. The second kappa shape index (κ2) is 8.19. The smallest absolute Gasteiger partial charge is 0.244 e. The zero-order valence-electron chi connectivity index (χ0n) is 15.2. The fourth-order valence-electron chi connectivity index (χ4n) is 2.95. The molecule has 134 valence electrons. The second-order valence-electron chi connectivity index (χ2n) is 6.59. The van der Waals surface area contributed by atoms with Gasteiger partial charge in [-0.25, -0.2) is 9.13 Å². The van der Waals surface area contributed by atoms with Crippen molar-refractivity contribution in [1.82, 2.24) is 4.57 Å². The van der Waals surface area contributed by atoms with Crippen molar-refractivity contribution in [3.8, 4) is 5.75 Å². The molecule has 0 bridgehead atoms. The molecule has 1 N–H and O–H groups in total. The van der Waals surface area contributed by atoms with Crippen LogP contribution in [0.1, 0.15) is 16.7 Å². The number of fused-ring (bicyclic) bond motifs is 1. The van der Waals surface area contributed by atoms with E-state index >= 15 is 0 Å². The van der Waals surface area contributed by atoms with Crippen LogP contribution in [-0.2, 0) is 13.6 Å². The molecule has 0 saturated heterocycles. The average molecular weight is 452 g/mol. The molecule has 0 spiro atoms. The first kappa shape index (κ1) is 19.7. The molecule has 1 aromatic heterocycles. The highest BCUT2D eigenvalue weighted by Crippen LogP contribution is 2.18. The fourth-order valence-corrected chi connectivity index (χ4v) is 2.95. The number of aromatic nitrogens is 2. The summed E-state index contributed by atoms with van der Waals surface area (Å²) in [5.41, 5.74) is 5.99. The van der Waals surface area contributed by atoms with E-state index in [9.17, 15) is 5.11 Å². The van der Waals surface area contributed by atoms with E-state index in [1.807, 2.05) is 44.6 Å². The first-order valence-corrected chi connectivity index (χ1v) is 8.27. The largest absolute Gasteiger partial charge is 1.00 e. The standard InChI is InChI=1S/C20H25N2O2.HI/c1-14-6-5-7-18(8-14)24-12-17(23)11-22-13-21(4)19-9-15(2)16(3)10-20(19)22;/h5-10,13,17,23H,11-12H2,1-4H3;1H/q+1;/p-1. The number of nitrogens with zero attached hydrogens (tertiary/aromatic N) is 2. The van der Waals surface area contributed by atoms with E-state index in [-0.39, 0.29) is 30.6 Å². The van der Waals surface area contributed by atoms with Crippen LogP contribution in [0, 0.1) is 20.8 Å². The predicted molar refractivity (Wildman–Crippen MR) is 95.3 cm³/mol. The van der Waals surface area contributed by atoms with Crippen molar-refractivity contribution in [1.29, 1.82) is 0 Å². The zero-order chi connectivity index (χ0) is 17.3. The summed E-state index contributed by atoms with van der Waals surface area (Å²) >= 11 is 0. The lowest BCUT2D eigenvalue weighted by Crippen LogP contribution is -3.00. The summed E-state index contributed by atoms with van der Waals surface area (Å²) in [6, 6.07) is 12.2. The van der Waals surface area contributed by atoms with Gasteiger partial charge in [0, 0.05) is 0 Å². The zero-order valence-corrected chi connectivity index (χ0v) is 17.3. The van der Waals surface area contributed by atoms with E-state index in [4.69, 9.17) is 4.74 Å². The lowest BCUT2D eigenvalue weighted by molar-refractivity contribution is -0.645. The minimum absolute atomic E-state index is 0. The maximum Gasteiger partial charge on any atom is 0.244 e.